The molecule has 0 aliphatic carbocycles. The number of halogens is 3. The molecule has 4 rings (SSSR count). The van der Waals surface area contributed by atoms with Crippen LogP contribution in [0, 0.1) is 0 Å². The number of nitrogens with zero attached hydrogens (tertiary/aromatic N) is 4. The number of aromatic nitrogens is 4. The molecule has 0 N–H and O–H groups in total. The fraction of sp³-hybridized carbons (Fsp3) is 0.0526. The molecule has 134 valence electrons. The van der Waals surface area contributed by atoms with E-state index in [2.05, 4.69) is 15.1 Å². The van der Waals surface area contributed by atoms with Crippen molar-refractivity contribution in [1.82, 2.24) is 19.6 Å². The fourth-order valence-corrected chi connectivity index (χ4v) is 2.78. The molecule has 0 fully saturated rings. The maximum atomic E-state index is 13.0. The van der Waals surface area contributed by atoms with Gasteiger partial charge in [-0.2, -0.15) is 18.3 Å². The smallest absolute Gasteiger partial charge is 0.288 e. The molecular formula is C19H11F3N4O. The van der Waals surface area contributed by atoms with E-state index < -0.39 is 11.7 Å². The summed E-state index contributed by atoms with van der Waals surface area (Å²) in [7, 11) is 0. The number of hydrogen-bond donors (Lipinski definition) is 0. The van der Waals surface area contributed by atoms with E-state index in [9.17, 15) is 18.0 Å². The Kier molecular flexibility index (Phi) is 3.95. The third-order valence-electron chi connectivity index (χ3n) is 4.07. The summed E-state index contributed by atoms with van der Waals surface area (Å²) >= 11 is 0. The van der Waals surface area contributed by atoms with Gasteiger partial charge in [-0.1, -0.05) is 12.1 Å². The van der Waals surface area contributed by atoms with Crippen molar-refractivity contribution in [2.75, 3.05) is 0 Å². The molecule has 0 aliphatic heterocycles. The molecule has 0 spiro atoms. The van der Waals surface area contributed by atoms with E-state index in [4.69, 9.17) is 0 Å². The van der Waals surface area contributed by atoms with Crippen LogP contribution in [0.25, 0.3) is 16.9 Å². The molecule has 0 saturated heterocycles. The van der Waals surface area contributed by atoms with Gasteiger partial charge in [-0.25, -0.2) is 9.50 Å². The first-order valence-corrected chi connectivity index (χ1v) is 7.90. The number of hydrogen-bond acceptors (Lipinski definition) is 4. The number of benzene rings is 1. The molecule has 1 aromatic carbocycles. The van der Waals surface area contributed by atoms with Crippen molar-refractivity contribution in [1.29, 1.82) is 0 Å². The van der Waals surface area contributed by atoms with E-state index in [0.29, 0.717) is 16.8 Å². The van der Waals surface area contributed by atoms with Gasteiger partial charge < -0.3 is 0 Å². The van der Waals surface area contributed by atoms with Crippen LogP contribution in [-0.2, 0) is 6.18 Å². The van der Waals surface area contributed by atoms with E-state index in [1.807, 2.05) is 0 Å². The normalized spacial score (nSPS) is 11.7. The topological polar surface area (TPSA) is 60.2 Å². The molecule has 0 unspecified atom stereocenters. The third kappa shape index (κ3) is 3.05. The lowest BCUT2D eigenvalue weighted by Crippen LogP contribution is -2.05. The highest BCUT2D eigenvalue weighted by Crippen LogP contribution is 2.32. The summed E-state index contributed by atoms with van der Waals surface area (Å²) in [5, 5.41) is 4.17. The summed E-state index contributed by atoms with van der Waals surface area (Å²) in [6.45, 7) is 0. The van der Waals surface area contributed by atoms with Gasteiger partial charge in [0, 0.05) is 29.7 Å². The van der Waals surface area contributed by atoms with E-state index >= 15 is 0 Å². The van der Waals surface area contributed by atoms with Crippen LogP contribution >= 0.6 is 0 Å². The average molecular weight is 368 g/mol. The molecule has 3 aromatic heterocycles. The lowest BCUT2D eigenvalue weighted by molar-refractivity contribution is -0.137. The lowest BCUT2D eigenvalue weighted by atomic mass is 10.1. The van der Waals surface area contributed by atoms with Crippen LogP contribution in [0.15, 0.2) is 67.3 Å². The van der Waals surface area contributed by atoms with Crippen LogP contribution in [0.5, 0.6) is 0 Å². The van der Waals surface area contributed by atoms with Crippen LogP contribution in [-0.4, -0.2) is 25.4 Å². The number of ketones is 1. The second-order valence-corrected chi connectivity index (χ2v) is 5.77. The maximum absolute atomic E-state index is 13.0. The Labute approximate surface area is 151 Å². The third-order valence-corrected chi connectivity index (χ3v) is 4.07. The molecule has 0 bridgehead atoms. The van der Waals surface area contributed by atoms with Gasteiger partial charge in [-0.3, -0.25) is 9.78 Å². The molecule has 3 heterocycles. The number of rotatable bonds is 3. The Morgan fingerprint density at radius 3 is 2.52 bits per heavy atom. The SMILES string of the molecule is O=C(c1ccncc1)c1cnn2c(-c3cccc(C(F)(F)F)c3)ccnc12. The molecule has 0 saturated carbocycles. The second kappa shape index (κ2) is 6.31. The van der Waals surface area contributed by atoms with E-state index in [-0.39, 0.29) is 17.0 Å². The molecule has 27 heavy (non-hydrogen) atoms. The van der Waals surface area contributed by atoms with Crippen molar-refractivity contribution in [3.05, 3.63) is 83.9 Å². The lowest BCUT2D eigenvalue weighted by Gasteiger charge is -2.10. The molecule has 5 nitrogen and oxygen atoms in total. The number of fused-ring (bicyclic) bond motifs is 1. The van der Waals surface area contributed by atoms with Crippen LogP contribution in [0.4, 0.5) is 13.2 Å². The van der Waals surface area contributed by atoms with Gasteiger partial charge in [-0.15, -0.1) is 0 Å². The number of alkyl halides is 3. The van der Waals surface area contributed by atoms with Crippen molar-refractivity contribution in [3.8, 4) is 11.3 Å². The van der Waals surface area contributed by atoms with Gasteiger partial charge in [0.15, 0.2) is 11.4 Å². The number of carbonyl (C=O) groups is 1. The highest BCUT2D eigenvalue weighted by Gasteiger charge is 2.30. The fourth-order valence-electron chi connectivity index (χ4n) is 2.78. The highest BCUT2D eigenvalue weighted by atomic mass is 19.4. The Balaban J connectivity index is 1.84. The van der Waals surface area contributed by atoms with Gasteiger partial charge in [0.25, 0.3) is 0 Å². The zero-order chi connectivity index (χ0) is 19.0. The summed E-state index contributed by atoms with van der Waals surface area (Å²) in [5.74, 6) is -0.291. The molecule has 0 atom stereocenters. The van der Waals surface area contributed by atoms with Crippen molar-refractivity contribution in [2.24, 2.45) is 0 Å². The van der Waals surface area contributed by atoms with E-state index in [1.54, 1.807) is 24.3 Å². The Hall–Kier alpha value is -3.55. The standard InChI is InChI=1S/C19H11F3N4O/c20-19(21,22)14-3-1-2-13(10-14)16-6-9-24-18-15(11-25-26(16)18)17(27)12-4-7-23-8-5-12/h1-11H. The van der Waals surface area contributed by atoms with Gasteiger partial charge in [-0.05, 0) is 30.3 Å². The molecule has 4 aromatic rings. The highest BCUT2D eigenvalue weighted by molar-refractivity contribution is 6.12. The predicted molar refractivity (Wildman–Crippen MR) is 91.1 cm³/mol. The van der Waals surface area contributed by atoms with Crippen molar-refractivity contribution < 1.29 is 18.0 Å². The largest absolute Gasteiger partial charge is 0.416 e. The molecule has 8 heteroatoms. The quantitative estimate of drug-likeness (QED) is 0.512. The average Bonchev–Trinajstić information content (AvgIpc) is 3.12. The first kappa shape index (κ1) is 16.9. The van der Waals surface area contributed by atoms with Crippen LogP contribution in [0.1, 0.15) is 21.5 Å². The van der Waals surface area contributed by atoms with E-state index in [1.165, 1.54) is 35.4 Å². The Bertz CT molecular complexity index is 1140. The van der Waals surface area contributed by atoms with E-state index in [0.717, 1.165) is 12.1 Å². The van der Waals surface area contributed by atoms with Crippen molar-refractivity contribution in [3.63, 3.8) is 0 Å². The summed E-state index contributed by atoms with van der Waals surface area (Å²) in [6, 6.07) is 9.62. The Morgan fingerprint density at radius 2 is 1.78 bits per heavy atom. The van der Waals surface area contributed by atoms with Crippen LogP contribution < -0.4 is 0 Å². The first-order chi connectivity index (χ1) is 12.9. The Morgan fingerprint density at radius 1 is 1.00 bits per heavy atom. The zero-order valence-electron chi connectivity index (χ0n) is 13.7. The van der Waals surface area contributed by atoms with Crippen molar-refractivity contribution >= 4 is 11.4 Å². The van der Waals surface area contributed by atoms with Gasteiger partial charge in [0.1, 0.15) is 0 Å². The minimum absolute atomic E-state index is 0.259. The first-order valence-electron chi connectivity index (χ1n) is 7.90. The molecular weight excluding hydrogens is 357 g/mol. The summed E-state index contributed by atoms with van der Waals surface area (Å²) in [4.78, 5) is 20.7. The molecule has 0 amide bonds. The summed E-state index contributed by atoms with van der Waals surface area (Å²) in [5.41, 5.74) is 0.918. The number of pyridine rings is 1. The van der Waals surface area contributed by atoms with Crippen LogP contribution in [0.2, 0.25) is 0 Å². The van der Waals surface area contributed by atoms with Crippen molar-refractivity contribution in [2.45, 2.75) is 6.18 Å². The minimum Gasteiger partial charge on any atom is -0.288 e. The molecule has 0 radical (unpaired) electrons. The molecule has 0 aliphatic rings. The zero-order valence-corrected chi connectivity index (χ0v) is 13.7. The number of carbonyl (C=O) groups excluding carboxylic acids is 1. The summed E-state index contributed by atoms with van der Waals surface area (Å²) < 4.78 is 40.4. The monoisotopic (exact) mass is 368 g/mol. The predicted octanol–water partition coefficient (Wildman–Crippen LogP) is 4.04. The summed E-state index contributed by atoms with van der Waals surface area (Å²) in [6.07, 6.45) is 1.35. The second-order valence-electron chi connectivity index (χ2n) is 5.77. The maximum Gasteiger partial charge on any atom is 0.416 e. The van der Waals surface area contributed by atoms with Gasteiger partial charge in [0.2, 0.25) is 0 Å². The van der Waals surface area contributed by atoms with Gasteiger partial charge in [0.05, 0.1) is 23.0 Å². The van der Waals surface area contributed by atoms with Crippen LogP contribution in [0.3, 0.4) is 0 Å². The van der Waals surface area contributed by atoms with Gasteiger partial charge >= 0.3 is 6.18 Å². The minimum atomic E-state index is -4.45.